The third kappa shape index (κ3) is 4.85. The molecular formula is C43H48O6. The molecule has 8 rings (SSSR count). The molecule has 6 heteroatoms. The summed E-state index contributed by atoms with van der Waals surface area (Å²) in [5, 5.41) is 22.4. The molecular weight excluding hydrogens is 612 g/mol. The van der Waals surface area contributed by atoms with Gasteiger partial charge < -0.3 is 19.7 Å². The van der Waals surface area contributed by atoms with Gasteiger partial charge in [0.25, 0.3) is 0 Å². The molecule has 0 aromatic heterocycles. The number of aryl methyl sites for hydroxylation is 2. The van der Waals surface area contributed by atoms with Gasteiger partial charge in [0.1, 0.15) is 29.1 Å². The maximum Gasteiger partial charge on any atom is 0.322 e. The number of esters is 2. The quantitative estimate of drug-likeness (QED) is 0.158. The van der Waals surface area contributed by atoms with Crippen molar-refractivity contribution >= 4 is 11.9 Å². The number of aliphatic hydroxyl groups is 2. The summed E-state index contributed by atoms with van der Waals surface area (Å²) in [6, 6.07) is 11.8. The van der Waals surface area contributed by atoms with Crippen molar-refractivity contribution in [2.75, 3.05) is 0 Å². The van der Waals surface area contributed by atoms with Gasteiger partial charge in [0.15, 0.2) is 0 Å². The molecule has 0 spiro atoms. The standard InChI is InChI=1S/C43H48O6/c1-5-42(46)21-17-36-34-11-7-26-23-28(9-13-30(26)32(34)15-19-40(36,42)3)48-38(44)25-39(45)49-29-10-14-31-27(24-29)8-12-35-33(31)16-20-41(4)37(35)18-22-43(41,47)6-2/h1-2,9-10,13-14,23-24,32-37,46-47H,7-8,11-12,15-22,25H2,3-4H3. The minimum absolute atomic E-state index is 0.238. The first kappa shape index (κ1) is 32.6. The molecule has 10 unspecified atom stereocenters. The zero-order valence-corrected chi connectivity index (χ0v) is 28.8. The lowest BCUT2D eigenvalue weighted by Gasteiger charge is -2.52. The molecule has 0 amide bonds. The molecule has 4 saturated carbocycles. The van der Waals surface area contributed by atoms with Crippen LogP contribution in [0, 0.1) is 59.2 Å². The highest BCUT2D eigenvalue weighted by Gasteiger charge is 2.62. The summed E-state index contributed by atoms with van der Waals surface area (Å²) in [6.45, 7) is 4.38. The molecule has 6 aliphatic rings. The molecule has 256 valence electrons. The summed E-state index contributed by atoms with van der Waals surface area (Å²) in [6.07, 6.45) is 22.1. The summed E-state index contributed by atoms with van der Waals surface area (Å²) in [5.74, 6) is 7.73. The van der Waals surface area contributed by atoms with Crippen molar-refractivity contribution in [3.05, 3.63) is 58.7 Å². The smallest absolute Gasteiger partial charge is 0.322 e. The van der Waals surface area contributed by atoms with Crippen LogP contribution in [0.1, 0.15) is 119 Å². The van der Waals surface area contributed by atoms with Gasteiger partial charge >= 0.3 is 11.9 Å². The van der Waals surface area contributed by atoms with Crippen LogP contribution in [-0.2, 0) is 22.4 Å². The number of rotatable bonds is 4. The Morgan fingerprint density at radius 1 is 0.694 bits per heavy atom. The van der Waals surface area contributed by atoms with E-state index in [0.717, 1.165) is 64.2 Å². The van der Waals surface area contributed by atoms with E-state index in [0.29, 0.717) is 59.8 Å². The first-order chi connectivity index (χ1) is 23.4. The number of hydrogen-bond acceptors (Lipinski definition) is 6. The van der Waals surface area contributed by atoms with E-state index in [1.165, 1.54) is 22.3 Å². The molecule has 0 radical (unpaired) electrons. The Morgan fingerprint density at radius 3 is 1.53 bits per heavy atom. The van der Waals surface area contributed by atoms with Crippen LogP contribution in [0.25, 0.3) is 0 Å². The highest BCUT2D eigenvalue weighted by atomic mass is 16.6. The number of hydrogen-bond donors (Lipinski definition) is 2. The third-order valence-corrected chi connectivity index (χ3v) is 14.9. The van der Waals surface area contributed by atoms with Crippen molar-refractivity contribution in [3.63, 3.8) is 0 Å². The van der Waals surface area contributed by atoms with E-state index in [1.54, 1.807) is 0 Å². The molecule has 0 bridgehead atoms. The van der Waals surface area contributed by atoms with Crippen LogP contribution >= 0.6 is 0 Å². The van der Waals surface area contributed by atoms with Crippen LogP contribution in [-0.4, -0.2) is 33.4 Å². The second-order valence-corrected chi connectivity index (χ2v) is 16.7. The van der Waals surface area contributed by atoms with E-state index < -0.39 is 29.6 Å². The van der Waals surface area contributed by atoms with Crippen LogP contribution in [0.15, 0.2) is 36.4 Å². The number of carbonyl (C=O) groups is 2. The first-order valence-corrected chi connectivity index (χ1v) is 18.5. The Labute approximate surface area is 290 Å². The van der Waals surface area contributed by atoms with Crippen LogP contribution in [0.3, 0.4) is 0 Å². The van der Waals surface area contributed by atoms with Gasteiger partial charge in [-0.15, -0.1) is 12.8 Å². The number of fused-ring (bicyclic) bond motifs is 10. The van der Waals surface area contributed by atoms with Crippen LogP contribution in [0.5, 0.6) is 11.5 Å². The summed E-state index contributed by atoms with van der Waals surface area (Å²) in [7, 11) is 0. The van der Waals surface area contributed by atoms with E-state index in [2.05, 4.69) is 37.8 Å². The SMILES string of the molecule is C#CC1(O)CCC2C3CCc4cc(OC(=O)CC(=O)Oc5ccc6c(c5)CCC5C6CCC6(C)C5CCC6(O)C#C)ccc4C3CCC21C. The minimum Gasteiger partial charge on any atom is -0.426 e. The second-order valence-electron chi connectivity index (χ2n) is 16.7. The fraction of sp³-hybridized carbons (Fsp3) is 0.581. The van der Waals surface area contributed by atoms with Crippen LogP contribution in [0.2, 0.25) is 0 Å². The fourth-order valence-electron chi connectivity index (χ4n) is 12.2. The van der Waals surface area contributed by atoms with Crippen molar-refractivity contribution in [2.24, 2.45) is 34.5 Å². The maximum atomic E-state index is 12.8. The summed E-state index contributed by atoms with van der Waals surface area (Å²) in [5.41, 5.74) is 2.51. The molecule has 2 aromatic rings. The van der Waals surface area contributed by atoms with Gasteiger partial charge in [-0.25, -0.2) is 0 Å². The zero-order chi connectivity index (χ0) is 34.3. The molecule has 6 nitrogen and oxygen atoms in total. The Bertz CT molecular complexity index is 1670. The Kier molecular flexibility index (Phi) is 7.64. The summed E-state index contributed by atoms with van der Waals surface area (Å²) < 4.78 is 11.3. The lowest BCUT2D eigenvalue weighted by molar-refractivity contribution is -0.144. The van der Waals surface area contributed by atoms with E-state index in [9.17, 15) is 19.8 Å². The molecule has 49 heavy (non-hydrogen) atoms. The molecule has 0 heterocycles. The van der Waals surface area contributed by atoms with Crippen molar-refractivity contribution < 1.29 is 29.3 Å². The fourth-order valence-corrected chi connectivity index (χ4v) is 12.2. The van der Waals surface area contributed by atoms with Gasteiger partial charge in [0.05, 0.1) is 0 Å². The van der Waals surface area contributed by atoms with Crippen LogP contribution in [0.4, 0.5) is 0 Å². The highest BCUT2D eigenvalue weighted by Crippen LogP contribution is 2.65. The number of ether oxygens (including phenoxy) is 2. The van der Waals surface area contributed by atoms with E-state index in [1.807, 2.05) is 24.3 Å². The topological polar surface area (TPSA) is 93.1 Å². The normalized spacial score (nSPS) is 39.8. The van der Waals surface area contributed by atoms with Gasteiger partial charge in [-0.05, 0) is 159 Å². The van der Waals surface area contributed by atoms with Gasteiger partial charge in [-0.1, -0.05) is 37.8 Å². The van der Waals surface area contributed by atoms with Gasteiger partial charge in [-0.3, -0.25) is 9.59 Å². The molecule has 6 aliphatic carbocycles. The predicted molar refractivity (Wildman–Crippen MR) is 186 cm³/mol. The summed E-state index contributed by atoms with van der Waals surface area (Å²) in [4.78, 5) is 25.7. The molecule has 10 atom stereocenters. The van der Waals surface area contributed by atoms with Gasteiger partial charge in [0, 0.05) is 10.8 Å². The van der Waals surface area contributed by atoms with E-state index in [4.69, 9.17) is 22.3 Å². The molecule has 0 saturated heterocycles. The predicted octanol–water partition coefficient (Wildman–Crippen LogP) is 7.03. The largest absolute Gasteiger partial charge is 0.426 e. The van der Waals surface area contributed by atoms with E-state index in [-0.39, 0.29) is 10.8 Å². The molecule has 2 N–H and O–H groups in total. The lowest BCUT2D eigenvalue weighted by Crippen LogP contribution is -2.50. The monoisotopic (exact) mass is 660 g/mol. The van der Waals surface area contributed by atoms with E-state index >= 15 is 0 Å². The average Bonchev–Trinajstić information content (AvgIpc) is 3.53. The number of benzene rings is 2. The highest BCUT2D eigenvalue weighted by molar-refractivity contribution is 5.93. The Hall–Kier alpha value is -3.58. The van der Waals surface area contributed by atoms with Gasteiger partial charge in [0.2, 0.25) is 0 Å². The van der Waals surface area contributed by atoms with Crippen LogP contribution < -0.4 is 9.47 Å². The Morgan fingerprint density at radius 2 is 1.12 bits per heavy atom. The molecule has 0 aliphatic heterocycles. The zero-order valence-electron chi connectivity index (χ0n) is 28.8. The van der Waals surface area contributed by atoms with Crippen molar-refractivity contribution in [3.8, 4) is 36.2 Å². The second kappa shape index (κ2) is 11.5. The number of terminal acetylenes is 2. The maximum absolute atomic E-state index is 12.8. The van der Waals surface area contributed by atoms with Crippen molar-refractivity contribution in [2.45, 2.75) is 120 Å². The first-order valence-electron chi connectivity index (χ1n) is 18.5. The summed E-state index contributed by atoms with van der Waals surface area (Å²) >= 11 is 0. The van der Waals surface area contributed by atoms with Crippen molar-refractivity contribution in [1.82, 2.24) is 0 Å². The number of carbonyl (C=O) groups excluding carboxylic acids is 2. The average molecular weight is 661 g/mol. The molecule has 2 aromatic carbocycles. The molecule has 4 fully saturated rings. The minimum atomic E-state index is -1.02. The Balaban J connectivity index is 0.882. The lowest BCUT2D eigenvalue weighted by atomic mass is 9.53. The third-order valence-electron chi connectivity index (χ3n) is 14.9. The van der Waals surface area contributed by atoms with Crippen molar-refractivity contribution in [1.29, 1.82) is 0 Å². The van der Waals surface area contributed by atoms with Gasteiger partial charge in [-0.2, -0.15) is 0 Å².